The van der Waals surface area contributed by atoms with Crippen molar-refractivity contribution in [1.82, 2.24) is 14.9 Å². The first-order valence-corrected chi connectivity index (χ1v) is 13.4. The second-order valence-electron chi connectivity index (χ2n) is 11.9. The van der Waals surface area contributed by atoms with Crippen LogP contribution in [0, 0.1) is 18.3 Å². The van der Waals surface area contributed by atoms with Crippen LogP contribution in [0.25, 0.3) is 0 Å². The van der Waals surface area contributed by atoms with Crippen molar-refractivity contribution in [2.45, 2.75) is 66.2 Å². The quantitative estimate of drug-likeness (QED) is 0.514. The van der Waals surface area contributed by atoms with E-state index in [9.17, 15) is 9.90 Å². The lowest BCUT2D eigenvalue weighted by molar-refractivity contribution is 0.0276. The summed E-state index contributed by atoms with van der Waals surface area (Å²) >= 11 is 0. The standard InChI is InChI=1S/C28H42N6O4/c1-19(2)25(35)34(17-29)21-13-20(3)7-8-22(21)37-23-14-30-18-31-24(23)32-11-9-28(15-32)10-12-33(16-28)26(36)38-27(4,5)6/h7-8,13-14,18-19,25,35H,9-12,15-17,29H2,1-6H3. The Morgan fingerprint density at radius 2 is 1.95 bits per heavy atom. The van der Waals surface area contributed by atoms with Crippen molar-refractivity contribution in [1.29, 1.82) is 0 Å². The largest absolute Gasteiger partial charge is 0.450 e. The first-order chi connectivity index (χ1) is 17.9. The molecule has 2 fully saturated rings. The molecule has 1 aromatic heterocycles. The van der Waals surface area contributed by atoms with E-state index in [1.807, 2.05) is 64.6 Å². The van der Waals surface area contributed by atoms with Crippen LogP contribution in [-0.4, -0.2) is 70.7 Å². The number of carbonyl (C=O) groups is 1. The number of benzene rings is 1. The minimum Gasteiger partial charge on any atom is -0.450 e. The Hall–Kier alpha value is -3.11. The number of ether oxygens (including phenoxy) is 2. The fourth-order valence-corrected chi connectivity index (χ4v) is 5.25. The molecule has 1 spiro atoms. The summed E-state index contributed by atoms with van der Waals surface area (Å²) in [5, 5.41) is 10.8. The van der Waals surface area contributed by atoms with E-state index in [0.29, 0.717) is 36.1 Å². The van der Waals surface area contributed by atoms with Gasteiger partial charge in [0.1, 0.15) is 18.2 Å². The van der Waals surface area contributed by atoms with Crippen LogP contribution in [0.2, 0.25) is 0 Å². The van der Waals surface area contributed by atoms with Crippen LogP contribution in [0.3, 0.4) is 0 Å². The number of hydrogen-bond donors (Lipinski definition) is 2. The lowest BCUT2D eigenvalue weighted by atomic mass is 9.86. The highest BCUT2D eigenvalue weighted by atomic mass is 16.6. The Morgan fingerprint density at radius 1 is 1.21 bits per heavy atom. The van der Waals surface area contributed by atoms with Gasteiger partial charge in [-0.2, -0.15) is 0 Å². The first-order valence-electron chi connectivity index (χ1n) is 13.4. The summed E-state index contributed by atoms with van der Waals surface area (Å²) in [6.45, 7) is 14.6. The number of amides is 1. The first kappa shape index (κ1) is 27.9. The predicted octanol–water partition coefficient (Wildman–Crippen LogP) is 4.11. The maximum Gasteiger partial charge on any atom is 0.410 e. The summed E-state index contributed by atoms with van der Waals surface area (Å²) in [5.41, 5.74) is 7.28. The molecule has 2 aliphatic heterocycles. The summed E-state index contributed by atoms with van der Waals surface area (Å²) < 4.78 is 12.0. The number of carbonyl (C=O) groups excluding carboxylic acids is 1. The van der Waals surface area contributed by atoms with E-state index in [0.717, 1.165) is 31.5 Å². The Balaban J connectivity index is 1.54. The molecule has 10 nitrogen and oxygen atoms in total. The van der Waals surface area contributed by atoms with Crippen LogP contribution in [0.15, 0.2) is 30.7 Å². The molecule has 208 valence electrons. The molecule has 2 atom stereocenters. The zero-order valence-corrected chi connectivity index (χ0v) is 23.5. The average molecular weight is 527 g/mol. The third kappa shape index (κ3) is 6.13. The fourth-order valence-electron chi connectivity index (χ4n) is 5.25. The SMILES string of the molecule is Cc1ccc(Oc2cncnc2N2CCC3(CCN(C(=O)OC(C)(C)C)C3)C2)c(N(CN)C(O)C(C)C)c1. The molecule has 38 heavy (non-hydrogen) atoms. The van der Waals surface area contributed by atoms with Gasteiger partial charge in [0.25, 0.3) is 0 Å². The fraction of sp³-hybridized carbons (Fsp3) is 0.607. The number of aliphatic hydroxyl groups excluding tert-OH is 1. The van der Waals surface area contributed by atoms with Crippen LogP contribution in [0.1, 0.15) is 53.0 Å². The van der Waals surface area contributed by atoms with Gasteiger partial charge in [0.15, 0.2) is 17.3 Å². The van der Waals surface area contributed by atoms with Gasteiger partial charge in [0.2, 0.25) is 0 Å². The van der Waals surface area contributed by atoms with Gasteiger partial charge in [-0.3, -0.25) is 0 Å². The van der Waals surface area contributed by atoms with Crippen LogP contribution in [-0.2, 0) is 4.74 Å². The molecule has 0 radical (unpaired) electrons. The van der Waals surface area contributed by atoms with Crippen molar-refractivity contribution in [3.05, 3.63) is 36.3 Å². The number of rotatable bonds is 7. The van der Waals surface area contributed by atoms with Crippen LogP contribution in [0.5, 0.6) is 11.5 Å². The van der Waals surface area contributed by atoms with Crippen LogP contribution < -0.4 is 20.3 Å². The van der Waals surface area contributed by atoms with Crippen molar-refractivity contribution in [2.75, 3.05) is 42.6 Å². The van der Waals surface area contributed by atoms with Crippen molar-refractivity contribution < 1.29 is 19.4 Å². The molecular weight excluding hydrogens is 484 g/mol. The number of hydrogen-bond acceptors (Lipinski definition) is 9. The number of anilines is 2. The molecule has 3 heterocycles. The van der Waals surface area contributed by atoms with Gasteiger partial charge >= 0.3 is 6.09 Å². The smallest absolute Gasteiger partial charge is 0.410 e. The van der Waals surface area contributed by atoms with E-state index in [4.69, 9.17) is 15.2 Å². The van der Waals surface area contributed by atoms with Gasteiger partial charge in [-0.25, -0.2) is 14.8 Å². The van der Waals surface area contributed by atoms with E-state index in [-0.39, 0.29) is 24.1 Å². The number of likely N-dealkylation sites (tertiary alicyclic amines) is 1. The lowest BCUT2D eigenvalue weighted by Crippen LogP contribution is -2.42. The molecule has 2 saturated heterocycles. The van der Waals surface area contributed by atoms with Gasteiger partial charge in [0.05, 0.1) is 18.6 Å². The van der Waals surface area contributed by atoms with Crippen molar-refractivity contribution in [2.24, 2.45) is 17.1 Å². The van der Waals surface area contributed by atoms with E-state index in [2.05, 4.69) is 14.9 Å². The Kier molecular flexibility index (Phi) is 8.04. The molecule has 2 aliphatic rings. The van der Waals surface area contributed by atoms with E-state index in [1.165, 1.54) is 6.33 Å². The predicted molar refractivity (Wildman–Crippen MR) is 147 cm³/mol. The molecule has 4 rings (SSSR count). The molecule has 1 amide bonds. The zero-order valence-electron chi connectivity index (χ0n) is 23.5. The number of aliphatic hydroxyl groups is 1. The van der Waals surface area contributed by atoms with E-state index in [1.54, 1.807) is 11.1 Å². The van der Waals surface area contributed by atoms with Crippen LogP contribution in [0.4, 0.5) is 16.3 Å². The molecule has 0 bridgehead atoms. The van der Waals surface area contributed by atoms with Crippen LogP contribution >= 0.6 is 0 Å². The zero-order chi connectivity index (χ0) is 27.7. The minimum atomic E-state index is -0.760. The monoisotopic (exact) mass is 526 g/mol. The maximum atomic E-state index is 12.7. The average Bonchev–Trinajstić information content (AvgIpc) is 3.47. The number of nitrogens with two attached hydrogens (primary N) is 1. The molecule has 2 unspecified atom stereocenters. The van der Waals surface area contributed by atoms with Crippen molar-refractivity contribution in [3.8, 4) is 11.5 Å². The summed E-state index contributed by atoms with van der Waals surface area (Å²) in [7, 11) is 0. The third-order valence-electron chi connectivity index (χ3n) is 7.24. The van der Waals surface area contributed by atoms with Gasteiger partial charge in [-0.05, 0) is 64.2 Å². The second kappa shape index (κ2) is 10.9. The lowest BCUT2D eigenvalue weighted by Gasteiger charge is -2.32. The summed E-state index contributed by atoms with van der Waals surface area (Å²) in [5.74, 6) is 1.80. The molecule has 0 saturated carbocycles. The van der Waals surface area contributed by atoms with Gasteiger partial charge in [-0.1, -0.05) is 19.9 Å². The normalized spacial score (nSPS) is 20.3. The third-order valence-corrected chi connectivity index (χ3v) is 7.24. The maximum absolute atomic E-state index is 12.7. The molecule has 0 aliphatic carbocycles. The summed E-state index contributed by atoms with van der Waals surface area (Å²) in [6.07, 6.45) is 4.06. The van der Waals surface area contributed by atoms with Gasteiger partial charge in [0, 0.05) is 31.6 Å². The highest BCUT2D eigenvalue weighted by Gasteiger charge is 2.46. The summed E-state index contributed by atoms with van der Waals surface area (Å²) in [6, 6.07) is 5.82. The number of aryl methyl sites for hydroxylation is 1. The molecule has 2 aromatic rings. The minimum absolute atomic E-state index is 0.00807. The van der Waals surface area contributed by atoms with E-state index < -0.39 is 11.8 Å². The molecule has 1 aromatic carbocycles. The van der Waals surface area contributed by atoms with Gasteiger partial charge in [-0.15, -0.1) is 0 Å². The Labute approximate surface area is 225 Å². The molecular formula is C28H42N6O4. The molecule has 3 N–H and O–H groups in total. The van der Waals surface area contributed by atoms with E-state index >= 15 is 0 Å². The van der Waals surface area contributed by atoms with Crippen molar-refractivity contribution in [3.63, 3.8) is 0 Å². The van der Waals surface area contributed by atoms with Crippen molar-refractivity contribution >= 4 is 17.6 Å². The highest BCUT2D eigenvalue weighted by Crippen LogP contribution is 2.44. The number of aromatic nitrogens is 2. The highest BCUT2D eigenvalue weighted by molar-refractivity contribution is 5.69. The topological polar surface area (TPSA) is 117 Å². The second-order valence-corrected chi connectivity index (χ2v) is 11.9. The Bertz CT molecular complexity index is 1140. The van der Waals surface area contributed by atoms with Gasteiger partial charge < -0.3 is 35.0 Å². The molecule has 10 heteroatoms. The number of nitrogens with zero attached hydrogens (tertiary/aromatic N) is 5. The Morgan fingerprint density at radius 3 is 2.63 bits per heavy atom. The summed E-state index contributed by atoms with van der Waals surface area (Å²) in [4.78, 5) is 27.2.